The summed E-state index contributed by atoms with van der Waals surface area (Å²) in [6.45, 7) is 4.10. The maximum atomic E-state index is 9.19. The Morgan fingerprint density at radius 2 is 2.23 bits per heavy atom. The van der Waals surface area contributed by atoms with Crippen LogP contribution in [0.3, 0.4) is 0 Å². The lowest BCUT2D eigenvalue weighted by molar-refractivity contribution is 0.335. The summed E-state index contributed by atoms with van der Waals surface area (Å²) in [7, 11) is 0. The van der Waals surface area contributed by atoms with Crippen molar-refractivity contribution in [1.82, 2.24) is 0 Å². The predicted molar refractivity (Wildman–Crippen MR) is 52.6 cm³/mol. The van der Waals surface area contributed by atoms with Crippen LogP contribution in [0.4, 0.5) is 0 Å². The Labute approximate surface area is 83.1 Å². The number of rotatable bonds is 3. The lowest BCUT2D eigenvalue weighted by atomic mass is 10.1. The van der Waals surface area contributed by atoms with E-state index in [0.29, 0.717) is 22.9 Å². The van der Waals surface area contributed by atoms with Gasteiger partial charge in [0, 0.05) is 0 Å². The highest BCUT2D eigenvalue weighted by atomic mass is 35.5. The lowest BCUT2D eigenvalue weighted by Crippen LogP contribution is -1.95. The Balaban J connectivity index is 2.92. The van der Waals surface area contributed by atoms with Crippen molar-refractivity contribution in [1.29, 1.82) is 0 Å². The first-order chi connectivity index (χ1) is 6.15. The molecule has 0 aliphatic rings. The number of hydrogen-bond acceptors (Lipinski definition) is 2. The Morgan fingerprint density at radius 1 is 1.54 bits per heavy atom. The number of aliphatic hydroxyl groups excluding tert-OH is 1. The quantitative estimate of drug-likeness (QED) is 0.811. The van der Waals surface area contributed by atoms with E-state index in [9.17, 15) is 5.11 Å². The summed E-state index contributed by atoms with van der Waals surface area (Å²) in [5.74, 6) is 0.647. The normalized spacial score (nSPS) is 10.5. The first kappa shape index (κ1) is 10.4. The number of benzene rings is 1. The third-order valence-corrected chi connectivity index (χ3v) is 1.94. The van der Waals surface area contributed by atoms with Gasteiger partial charge in [0.25, 0.3) is 0 Å². The second kappa shape index (κ2) is 4.49. The van der Waals surface area contributed by atoms with Gasteiger partial charge in [0.05, 0.1) is 11.6 Å². The van der Waals surface area contributed by atoms with Crippen LogP contribution in [0.15, 0.2) is 18.2 Å². The molecule has 0 atom stereocenters. The van der Waals surface area contributed by atoms with Crippen molar-refractivity contribution in [3.8, 4) is 5.75 Å². The first-order valence-corrected chi connectivity index (χ1v) is 4.48. The predicted octanol–water partition coefficient (Wildman–Crippen LogP) is 3.01. The van der Waals surface area contributed by atoms with Crippen molar-refractivity contribution in [2.45, 2.75) is 13.8 Å². The molecule has 0 unspecified atom stereocenters. The third kappa shape index (κ3) is 2.61. The second-order valence-electron chi connectivity index (χ2n) is 2.66. The van der Waals surface area contributed by atoms with Crippen LogP contribution in [0.25, 0.3) is 0 Å². The molecule has 0 spiro atoms. The third-order valence-electron chi connectivity index (χ3n) is 1.65. The fourth-order valence-electron chi connectivity index (χ4n) is 0.998. The van der Waals surface area contributed by atoms with E-state index >= 15 is 0 Å². The molecule has 0 aliphatic heterocycles. The molecule has 1 N–H and O–H groups in total. The van der Waals surface area contributed by atoms with E-state index in [1.54, 1.807) is 25.1 Å². The zero-order chi connectivity index (χ0) is 9.84. The molecule has 1 aromatic rings. The van der Waals surface area contributed by atoms with Gasteiger partial charge in [-0.1, -0.05) is 17.7 Å². The van der Waals surface area contributed by atoms with Gasteiger partial charge >= 0.3 is 0 Å². The summed E-state index contributed by atoms with van der Waals surface area (Å²) in [4.78, 5) is 0. The van der Waals surface area contributed by atoms with Crippen LogP contribution in [-0.4, -0.2) is 11.7 Å². The van der Waals surface area contributed by atoms with Crippen molar-refractivity contribution in [3.63, 3.8) is 0 Å². The van der Waals surface area contributed by atoms with E-state index < -0.39 is 0 Å². The van der Waals surface area contributed by atoms with Crippen LogP contribution < -0.4 is 4.74 Å². The maximum absolute atomic E-state index is 9.19. The van der Waals surface area contributed by atoms with Crippen molar-refractivity contribution < 1.29 is 9.84 Å². The molecule has 0 saturated heterocycles. The highest BCUT2D eigenvalue weighted by Gasteiger charge is 2.06. The van der Waals surface area contributed by atoms with Crippen molar-refractivity contribution >= 4 is 11.6 Å². The molecular weight excluding hydrogens is 188 g/mol. The summed E-state index contributed by atoms with van der Waals surface area (Å²) < 4.78 is 5.25. The first-order valence-electron chi connectivity index (χ1n) is 4.10. The summed E-state index contributed by atoms with van der Waals surface area (Å²) in [5, 5.41) is 9.71. The van der Waals surface area contributed by atoms with Crippen LogP contribution in [-0.2, 0) is 0 Å². The molecule has 0 fully saturated rings. The second-order valence-corrected chi connectivity index (χ2v) is 3.07. The molecule has 0 saturated carbocycles. The largest absolute Gasteiger partial charge is 0.492 e. The molecule has 1 radical (unpaired) electrons. The van der Waals surface area contributed by atoms with Gasteiger partial charge in [0.2, 0.25) is 0 Å². The molecule has 13 heavy (non-hydrogen) atoms. The standard InChI is InChI=1S/C10H12ClO2/c1-3-13-10-5-4-8(7(2)12)6-9(10)11/h4-6,12H,3H2,1-2H3. The van der Waals surface area contributed by atoms with Crippen LogP contribution >= 0.6 is 11.6 Å². The van der Waals surface area contributed by atoms with Gasteiger partial charge in [-0.15, -0.1) is 0 Å². The van der Waals surface area contributed by atoms with Gasteiger partial charge in [-0.05, 0) is 31.5 Å². The van der Waals surface area contributed by atoms with Gasteiger partial charge < -0.3 is 9.84 Å². The Hall–Kier alpha value is -0.730. The number of hydrogen-bond donors (Lipinski definition) is 1. The number of ether oxygens (including phenoxy) is 1. The zero-order valence-electron chi connectivity index (χ0n) is 7.67. The van der Waals surface area contributed by atoms with Crippen molar-refractivity contribution in [2.75, 3.05) is 6.61 Å². The summed E-state index contributed by atoms with van der Waals surface area (Å²) >= 11 is 5.90. The Kier molecular flexibility index (Phi) is 3.58. The fourth-order valence-corrected chi connectivity index (χ4v) is 1.23. The van der Waals surface area contributed by atoms with E-state index in [2.05, 4.69) is 0 Å². The van der Waals surface area contributed by atoms with E-state index in [-0.39, 0.29) is 6.10 Å². The Bertz CT molecular complexity index is 284. The van der Waals surface area contributed by atoms with Crippen molar-refractivity contribution in [3.05, 3.63) is 34.9 Å². The minimum absolute atomic E-state index is 0.255. The molecule has 1 aromatic carbocycles. The highest BCUT2D eigenvalue weighted by molar-refractivity contribution is 6.32. The zero-order valence-corrected chi connectivity index (χ0v) is 8.43. The van der Waals surface area contributed by atoms with Gasteiger partial charge in [0.1, 0.15) is 11.9 Å². The summed E-state index contributed by atoms with van der Waals surface area (Å²) in [6, 6.07) is 5.20. The van der Waals surface area contributed by atoms with Gasteiger partial charge in [0.15, 0.2) is 0 Å². The topological polar surface area (TPSA) is 29.5 Å². The van der Waals surface area contributed by atoms with Crippen LogP contribution in [0.5, 0.6) is 5.75 Å². The van der Waals surface area contributed by atoms with E-state index in [0.717, 1.165) is 0 Å². The maximum Gasteiger partial charge on any atom is 0.137 e. The molecule has 0 heterocycles. The minimum atomic E-state index is 0.255. The van der Waals surface area contributed by atoms with Crippen LogP contribution in [0.2, 0.25) is 5.02 Å². The number of aliphatic hydroxyl groups is 1. The van der Waals surface area contributed by atoms with Crippen LogP contribution in [0.1, 0.15) is 19.4 Å². The Morgan fingerprint density at radius 3 is 2.69 bits per heavy atom. The van der Waals surface area contributed by atoms with E-state index in [1.165, 1.54) is 0 Å². The molecule has 71 valence electrons. The molecule has 0 aliphatic carbocycles. The van der Waals surface area contributed by atoms with Crippen molar-refractivity contribution in [2.24, 2.45) is 0 Å². The smallest absolute Gasteiger partial charge is 0.137 e. The van der Waals surface area contributed by atoms with Crippen LogP contribution in [0, 0.1) is 6.10 Å². The average Bonchev–Trinajstić information content (AvgIpc) is 2.08. The SMILES string of the molecule is CCOc1ccc([C](C)O)cc1Cl. The van der Waals surface area contributed by atoms with E-state index in [4.69, 9.17) is 16.3 Å². The minimum Gasteiger partial charge on any atom is -0.492 e. The lowest BCUT2D eigenvalue weighted by Gasteiger charge is -2.08. The molecule has 3 heteroatoms. The molecule has 0 amide bonds. The van der Waals surface area contributed by atoms with Gasteiger partial charge in [-0.25, -0.2) is 0 Å². The fraction of sp³-hybridized carbons (Fsp3) is 0.300. The van der Waals surface area contributed by atoms with Gasteiger partial charge in [-0.3, -0.25) is 0 Å². The summed E-state index contributed by atoms with van der Waals surface area (Å²) in [6.07, 6.45) is 0.255. The van der Waals surface area contributed by atoms with E-state index in [1.807, 2.05) is 6.92 Å². The molecule has 2 nitrogen and oxygen atoms in total. The summed E-state index contributed by atoms with van der Waals surface area (Å²) in [5.41, 5.74) is 0.716. The molecule has 1 rings (SSSR count). The molecular formula is C10H12ClO2. The van der Waals surface area contributed by atoms with Gasteiger partial charge in [-0.2, -0.15) is 0 Å². The molecule has 0 aromatic heterocycles. The average molecular weight is 200 g/mol. The molecule has 0 bridgehead atoms. The highest BCUT2D eigenvalue weighted by Crippen LogP contribution is 2.27. The number of halogens is 1. The monoisotopic (exact) mass is 199 g/mol.